The number of H-pyrrole nitrogens is 1. The van der Waals surface area contributed by atoms with Crippen molar-refractivity contribution in [2.75, 3.05) is 0 Å². The molecule has 2 N–H and O–H groups in total. The number of allylic oxidation sites excluding steroid dienone is 1. The van der Waals surface area contributed by atoms with Gasteiger partial charge in [-0.25, -0.2) is 0 Å². The maximum atomic E-state index is 10.7. The molecule has 4 nitrogen and oxygen atoms in total. The summed E-state index contributed by atoms with van der Waals surface area (Å²) in [6.07, 6.45) is 4.59. The third kappa shape index (κ3) is 2.69. The molecule has 26 heavy (non-hydrogen) atoms. The van der Waals surface area contributed by atoms with Crippen LogP contribution in [0.3, 0.4) is 0 Å². The van der Waals surface area contributed by atoms with E-state index in [0.717, 1.165) is 23.2 Å². The Hall–Kier alpha value is -2.63. The van der Waals surface area contributed by atoms with Crippen LogP contribution in [-0.4, -0.2) is 20.9 Å². The molecule has 0 fully saturated rings. The molecule has 4 rings (SSSR count). The minimum Gasteiger partial charge on any atom is -0.493 e. The lowest BCUT2D eigenvalue weighted by Crippen LogP contribution is -1.94. The van der Waals surface area contributed by atoms with Crippen LogP contribution in [0.2, 0.25) is 5.02 Å². The Kier molecular flexibility index (Phi) is 4.26. The van der Waals surface area contributed by atoms with Crippen LogP contribution in [0.25, 0.3) is 17.3 Å². The second-order valence-corrected chi connectivity index (χ2v) is 6.77. The number of halogens is 1. The molecule has 0 bridgehead atoms. The summed E-state index contributed by atoms with van der Waals surface area (Å²) >= 11 is 11.6. The van der Waals surface area contributed by atoms with Crippen molar-refractivity contribution in [2.45, 2.75) is 13.3 Å². The zero-order chi connectivity index (χ0) is 18.3. The SMILES string of the molecule is CCc1cccc2c1N=C/C2=C\c1[nH]c(=S)n(-c2ccccc2Cl)c1O. The van der Waals surface area contributed by atoms with E-state index in [1.54, 1.807) is 6.07 Å². The van der Waals surface area contributed by atoms with Crippen molar-refractivity contribution >= 4 is 47.4 Å². The van der Waals surface area contributed by atoms with E-state index < -0.39 is 0 Å². The first-order valence-corrected chi connectivity index (χ1v) is 9.05. The van der Waals surface area contributed by atoms with Crippen LogP contribution < -0.4 is 0 Å². The van der Waals surface area contributed by atoms with Gasteiger partial charge in [-0.1, -0.05) is 48.9 Å². The van der Waals surface area contributed by atoms with Crippen LogP contribution in [0, 0.1) is 4.77 Å². The van der Waals surface area contributed by atoms with Gasteiger partial charge in [0.15, 0.2) is 4.77 Å². The monoisotopic (exact) mass is 381 g/mol. The predicted octanol–water partition coefficient (Wildman–Crippen LogP) is 5.71. The van der Waals surface area contributed by atoms with Crippen LogP contribution >= 0.6 is 23.8 Å². The Morgan fingerprint density at radius 1 is 1.23 bits per heavy atom. The lowest BCUT2D eigenvalue weighted by molar-refractivity contribution is 0.441. The molecule has 130 valence electrons. The fourth-order valence-electron chi connectivity index (χ4n) is 3.14. The van der Waals surface area contributed by atoms with E-state index in [-0.39, 0.29) is 5.88 Å². The second-order valence-electron chi connectivity index (χ2n) is 5.98. The normalized spacial score (nSPS) is 14.2. The summed E-state index contributed by atoms with van der Waals surface area (Å²) in [7, 11) is 0. The molecule has 0 atom stereocenters. The molecule has 1 aliphatic heterocycles. The molecular formula is C20H16ClN3OS. The Morgan fingerprint density at radius 2 is 2.04 bits per heavy atom. The van der Waals surface area contributed by atoms with Crippen molar-refractivity contribution in [3.63, 3.8) is 0 Å². The van der Waals surface area contributed by atoms with E-state index in [0.29, 0.717) is 21.2 Å². The molecule has 0 unspecified atom stereocenters. The average Bonchev–Trinajstić information content (AvgIpc) is 3.17. The summed E-state index contributed by atoms with van der Waals surface area (Å²) in [4.78, 5) is 7.59. The second kappa shape index (κ2) is 6.59. The van der Waals surface area contributed by atoms with E-state index in [2.05, 4.69) is 23.0 Å². The molecule has 1 aliphatic rings. The number of aliphatic imine (C=N–C) groups is 1. The average molecular weight is 382 g/mol. The molecule has 0 saturated heterocycles. The van der Waals surface area contributed by atoms with Gasteiger partial charge < -0.3 is 10.1 Å². The highest BCUT2D eigenvalue weighted by molar-refractivity contribution is 7.71. The number of aryl methyl sites for hydroxylation is 1. The van der Waals surface area contributed by atoms with Gasteiger partial charge in [-0.2, -0.15) is 0 Å². The lowest BCUT2D eigenvalue weighted by Gasteiger charge is -2.06. The highest BCUT2D eigenvalue weighted by Gasteiger charge is 2.18. The van der Waals surface area contributed by atoms with E-state index >= 15 is 0 Å². The van der Waals surface area contributed by atoms with Crippen molar-refractivity contribution in [2.24, 2.45) is 4.99 Å². The summed E-state index contributed by atoms with van der Waals surface area (Å²) < 4.78 is 1.90. The fraction of sp³-hybridized carbons (Fsp3) is 0.100. The summed E-state index contributed by atoms with van der Waals surface area (Å²) in [5.74, 6) is 0.0177. The number of aromatic nitrogens is 2. The molecule has 2 heterocycles. The van der Waals surface area contributed by atoms with Crippen molar-refractivity contribution in [3.05, 3.63) is 69.1 Å². The lowest BCUT2D eigenvalue weighted by atomic mass is 10.0. The first kappa shape index (κ1) is 16.8. The van der Waals surface area contributed by atoms with Crippen molar-refractivity contribution < 1.29 is 5.11 Å². The highest BCUT2D eigenvalue weighted by atomic mass is 35.5. The summed E-state index contributed by atoms with van der Waals surface area (Å²) in [5, 5.41) is 11.2. The van der Waals surface area contributed by atoms with Crippen LogP contribution in [0.5, 0.6) is 5.88 Å². The number of hydrogen-bond donors (Lipinski definition) is 2. The first-order valence-electron chi connectivity index (χ1n) is 8.27. The minimum absolute atomic E-state index is 0.0177. The van der Waals surface area contributed by atoms with Gasteiger partial charge in [-0.05, 0) is 42.4 Å². The molecule has 0 amide bonds. The number of aromatic amines is 1. The molecule has 0 radical (unpaired) electrons. The Bertz CT molecular complexity index is 1120. The zero-order valence-electron chi connectivity index (χ0n) is 14.0. The van der Waals surface area contributed by atoms with Gasteiger partial charge in [0, 0.05) is 17.4 Å². The Labute approximate surface area is 161 Å². The van der Waals surface area contributed by atoms with E-state index in [1.165, 1.54) is 10.1 Å². The van der Waals surface area contributed by atoms with Gasteiger partial charge in [0.25, 0.3) is 0 Å². The largest absolute Gasteiger partial charge is 0.493 e. The zero-order valence-corrected chi connectivity index (χ0v) is 15.6. The number of imidazole rings is 1. The quantitative estimate of drug-likeness (QED) is 0.570. The molecule has 2 aromatic carbocycles. The van der Waals surface area contributed by atoms with E-state index in [1.807, 2.05) is 42.6 Å². The van der Waals surface area contributed by atoms with E-state index in [9.17, 15) is 5.11 Å². The van der Waals surface area contributed by atoms with Crippen molar-refractivity contribution in [1.82, 2.24) is 9.55 Å². The summed E-state index contributed by atoms with van der Waals surface area (Å²) in [5.41, 5.74) is 5.32. The summed E-state index contributed by atoms with van der Waals surface area (Å²) in [6, 6.07) is 13.4. The van der Waals surface area contributed by atoms with Gasteiger partial charge in [0.05, 0.1) is 16.4 Å². The van der Waals surface area contributed by atoms with Crippen LogP contribution in [0.4, 0.5) is 5.69 Å². The van der Waals surface area contributed by atoms with E-state index in [4.69, 9.17) is 23.8 Å². The van der Waals surface area contributed by atoms with Gasteiger partial charge in [-0.15, -0.1) is 0 Å². The number of aromatic hydroxyl groups is 1. The van der Waals surface area contributed by atoms with Crippen LogP contribution in [0.15, 0.2) is 47.5 Å². The molecule has 6 heteroatoms. The number of rotatable bonds is 3. The standard InChI is InChI=1S/C20H16ClN3OS/c1-2-12-6-5-7-14-13(11-22-18(12)14)10-16-19(25)24(20(26)23-16)17-9-4-3-8-15(17)21/h3-11,25H,2H2,1H3,(H,23,26)/b13-10+. The minimum atomic E-state index is 0.0177. The number of benzene rings is 2. The third-order valence-corrected chi connectivity index (χ3v) is 5.04. The maximum Gasteiger partial charge on any atom is 0.222 e. The van der Waals surface area contributed by atoms with Gasteiger partial charge in [-0.3, -0.25) is 9.56 Å². The number of hydrogen-bond acceptors (Lipinski definition) is 3. The van der Waals surface area contributed by atoms with Crippen LogP contribution in [0.1, 0.15) is 23.7 Å². The molecule has 1 aromatic heterocycles. The molecule has 0 saturated carbocycles. The van der Waals surface area contributed by atoms with Gasteiger partial charge in [0.1, 0.15) is 5.69 Å². The molecular weight excluding hydrogens is 366 g/mol. The predicted molar refractivity (Wildman–Crippen MR) is 109 cm³/mol. The summed E-state index contributed by atoms with van der Waals surface area (Å²) in [6.45, 7) is 2.11. The first-order chi connectivity index (χ1) is 12.6. The molecule has 0 aliphatic carbocycles. The van der Waals surface area contributed by atoms with Gasteiger partial charge >= 0.3 is 0 Å². The Morgan fingerprint density at radius 3 is 2.81 bits per heavy atom. The molecule has 3 aromatic rings. The molecule has 0 spiro atoms. The van der Waals surface area contributed by atoms with Crippen LogP contribution in [-0.2, 0) is 6.42 Å². The van der Waals surface area contributed by atoms with Crippen molar-refractivity contribution in [1.29, 1.82) is 0 Å². The topological polar surface area (TPSA) is 53.3 Å². The third-order valence-electron chi connectivity index (χ3n) is 4.43. The van der Waals surface area contributed by atoms with Crippen molar-refractivity contribution in [3.8, 4) is 11.6 Å². The number of nitrogens with one attached hydrogen (secondary N) is 1. The number of para-hydroxylation sites is 2. The fourth-order valence-corrected chi connectivity index (χ4v) is 3.65. The Balaban J connectivity index is 1.83. The highest BCUT2D eigenvalue weighted by Crippen LogP contribution is 2.37. The smallest absolute Gasteiger partial charge is 0.222 e. The number of nitrogens with zero attached hydrogens (tertiary/aromatic N) is 2. The van der Waals surface area contributed by atoms with Gasteiger partial charge in [0.2, 0.25) is 5.88 Å². The number of fused-ring (bicyclic) bond motifs is 1. The maximum absolute atomic E-state index is 10.7.